The van der Waals surface area contributed by atoms with E-state index in [9.17, 15) is 31.5 Å². The molecular formula is C27H30F5N5O2S. The third kappa shape index (κ3) is 5.28. The van der Waals surface area contributed by atoms with E-state index in [1.807, 2.05) is 0 Å². The largest absolute Gasteiger partial charge is 0.408 e. The molecule has 2 saturated carbocycles. The average molecular weight is 584 g/mol. The van der Waals surface area contributed by atoms with Crippen molar-refractivity contribution < 1.29 is 31.5 Å². The van der Waals surface area contributed by atoms with E-state index in [-0.39, 0.29) is 45.1 Å². The molecule has 40 heavy (non-hydrogen) atoms. The lowest BCUT2D eigenvalue weighted by molar-refractivity contribution is -0.146. The molecule has 0 aromatic carbocycles. The molecule has 2 N–H and O–H groups in total. The van der Waals surface area contributed by atoms with E-state index in [0.29, 0.717) is 12.8 Å². The fourth-order valence-electron chi connectivity index (χ4n) is 6.40. The Labute approximate surface area is 231 Å². The molecule has 6 rings (SSSR count). The second-order valence-electron chi connectivity index (χ2n) is 11.3. The summed E-state index contributed by atoms with van der Waals surface area (Å²) < 4.78 is 69.4. The maximum absolute atomic E-state index is 14.4. The van der Waals surface area contributed by atoms with Gasteiger partial charge < -0.3 is 15.5 Å². The number of thiazole rings is 1. The van der Waals surface area contributed by atoms with Crippen molar-refractivity contribution in [3.8, 4) is 10.4 Å². The summed E-state index contributed by atoms with van der Waals surface area (Å²) in [7, 11) is 0. The summed E-state index contributed by atoms with van der Waals surface area (Å²) in [5.41, 5.74) is -0.766. The van der Waals surface area contributed by atoms with Crippen molar-refractivity contribution in [3.63, 3.8) is 0 Å². The van der Waals surface area contributed by atoms with Gasteiger partial charge >= 0.3 is 6.18 Å². The second kappa shape index (κ2) is 10.5. The second-order valence-corrected chi connectivity index (χ2v) is 12.3. The third-order valence-electron chi connectivity index (χ3n) is 8.57. The van der Waals surface area contributed by atoms with Crippen LogP contribution in [0.2, 0.25) is 0 Å². The Kier molecular flexibility index (Phi) is 7.20. The zero-order valence-electron chi connectivity index (χ0n) is 21.6. The van der Waals surface area contributed by atoms with E-state index < -0.39 is 41.9 Å². The lowest BCUT2D eigenvalue weighted by atomic mass is 10.0. The molecule has 4 aliphatic rings. The smallest absolute Gasteiger partial charge is 0.358 e. The first kappa shape index (κ1) is 27.3. The van der Waals surface area contributed by atoms with Crippen molar-refractivity contribution in [2.75, 3.05) is 5.32 Å². The Morgan fingerprint density at radius 3 is 2.23 bits per heavy atom. The number of pyridine rings is 1. The summed E-state index contributed by atoms with van der Waals surface area (Å²) in [5.74, 6) is -1.82. The highest BCUT2D eigenvalue weighted by molar-refractivity contribution is 7.17. The molecule has 2 aromatic heterocycles. The molecule has 13 heteroatoms. The fraction of sp³-hybridized carbons (Fsp3) is 0.630. The van der Waals surface area contributed by atoms with Crippen LogP contribution in [-0.2, 0) is 0 Å². The molecular weight excluding hydrogens is 553 g/mol. The number of nitrogens with one attached hydrogen (secondary N) is 2. The number of halogens is 5. The number of rotatable bonds is 8. The van der Waals surface area contributed by atoms with Crippen molar-refractivity contribution in [1.82, 2.24) is 20.2 Å². The number of carbonyl (C=O) groups is 2. The summed E-state index contributed by atoms with van der Waals surface area (Å²) in [5, 5.41) is 5.22. The van der Waals surface area contributed by atoms with Crippen LogP contribution in [0, 0.1) is 5.92 Å². The summed E-state index contributed by atoms with van der Waals surface area (Å²) in [6.07, 6.45) is 1.33. The van der Waals surface area contributed by atoms with Gasteiger partial charge in [0.05, 0.1) is 4.88 Å². The molecule has 4 heterocycles. The van der Waals surface area contributed by atoms with Gasteiger partial charge in [0, 0.05) is 35.4 Å². The Morgan fingerprint density at radius 1 is 1.00 bits per heavy atom. The average Bonchev–Trinajstić information content (AvgIpc) is 3.30. The molecule has 2 aromatic rings. The topological polar surface area (TPSA) is 87.2 Å². The van der Waals surface area contributed by atoms with Crippen LogP contribution < -0.4 is 10.6 Å². The molecule has 1 atom stereocenters. The first-order chi connectivity index (χ1) is 19.1. The number of amides is 2. The molecule has 2 aliphatic carbocycles. The minimum absolute atomic E-state index is 0.00914. The molecule has 4 fully saturated rings. The lowest BCUT2D eigenvalue weighted by Gasteiger charge is -2.23. The van der Waals surface area contributed by atoms with Gasteiger partial charge in [0.25, 0.3) is 18.2 Å². The standard InChI is InChI=1S/C27H30F5N5O2S/c28-23(29)17-11-19(35-22(13-5-6-13)27(30,31)32)33-12-18(17)21-20(26(39)37-15-7-8-16(37)10-9-15)36-25(40-21)24(38)34-14-3-1-2-4-14/h11-16,22-23H,1-10H2,(H,33,35)(H,34,38). The highest BCUT2D eigenvalue weighted by atomic mass is 32.1. The van der Waals surface area contributed by atoms with E-state index in [1.165, 1.54) is 0 Å². The minimum Gasteiger partial charge on any atom is -0.358 e. The van der Waals surface area contributed by atoms with Crippen molar-refractivity contribution in [1.29, 1.82) is 0 Å². The molecule has 7 nitrogen and oxygen atoms in total. The maximum atomic E-state index is 14.4. The Balaban J connectivity index is 1.37. The molecule has 2 aliphatic heterocycles. The molecule has 1 unspecified atom stereocenters. The number of nitrogens with zero attached hydrogens (tertiary/aromatic N) is 3. The van der Waals surface area contributed by atoms with Crippen LogP contribution in [0.4, 0.5) is 27.8 Å². The maximum Gasteiger partial charge on any atom is 0.408 e. The van der Waals surface area contributed by atoms with Crippen LogP contribution in [-0.4, -0.2) is 57.0 Å². The first-order valence-electron chi connectivity index (χ1n) is 13.9. The summed E-state index contributed by atoms with van der Waals surface area (Å²) in [6, 6.07) is -0.890. The number of anilines is 1. The molecule has 0 spiro atoms. The molecule has 0 radical (unpaired) electrons. The highest BCUT2D eigenvalue weighted by Gasteiger charge is 2.49. The van der Waals surface area contributed by atoms with Crippen molar-refractivity contribution >= 4 is 29.0 Å². The van der Waals surface area contributed by atoms with Crippen molar-refractivity contribution in [2.45, 2.75) is 101 Å². The van der Waals surface area contributed by atoms with Gasteiger partial charge in [-0.2, -0.15) is 13.2 Å². The number of aromatic nitrogens is 2. The molecule has 2 saturated heterocycles. The van der Waals surface area contributed by atoms with E-state index >= 15 is 0 Å². The number of fused-ring (bicyclic) bond motifs is 2. The van der Waals surface area contributed by atoms with Gasteiger partial charge in [0.1, 0.15) is 17.6 Å². The number of alkyl halides is 5. The SMILES string of the molecule is O=C(NC1CCCC1)c1nc(C(=O)N2C3CCC2CC3)c(-c2cnc(NC(C3CC3)C(F)(F)F)cc2C(F)F)s1. The molecule has 2 bridgehead atoms. The minimum atomic E-state index is -4.56. The van der Waals surface area contributed by atoms with Crippen molar-refractivity contribution in [3.05, 3.63) is 28.5 Å². The lowest BCUT2D eigenvalue weighted by Crippen LogP contribution is -2.38. The Bertz CT molecular complexity index is 1270. The quantitative estimate of drug-likeness (QED) is 0.355. The Hall–Kier alpha value is -2.83. The summed E-state index contributed by atoms with van der Waals surface area (Å²) in [6.45, 7) is 0. The predicted molar refractivity (Wildman–Crippen MR) is 138 cm³/mol. The van der Waals surface area contributed by atoms with Gasteiger partial charge in [-0.05, 0) is 63.4 Å². The predicted octanol–water partition coefficient (Wildman–Crippen LogP) is 6.33. The van der Waals surface area contributed by atoms with Gasteiger partial charge in [0.2, 0.25) is 0 Å². The van der Waals surface area contributed by atoms with Gasteiger partial charge in [-0.3, -0.25) is 9.59 Å². The van der Waals surface area contributed by atoms with Crippen LogP contribution >= 0.6 is 11.3 Å². The van der Waals surface area contributed by atoms with Crippen LogP contribution in [0.25, 0.3) is 10.4 Å². The van der Waals surface area contributed by atoms with E-state index in [1.54, 1.807) is 4.90 Å². The monoisotopic (exact) mass is 583 g/mol. The third-order valence-corrected chi connectivity index (χ3v) is 9.65. The van der Waals surface area contributed by atoms with Gasteiger partial charge in [-0.1, -0.05) is 12.8 Å². The fourth-order valence-corrected chi connectivity index (χ4v) is 7.40. The number of hydrogen-bond donors (Lipinski definition) is 2. The summed E-state index contributed by atoms with van der Waals surface area (Å²) in [4.78, 5) is 37.1. The highest BCUT2D eigenvalue weighted by Crippen LogP contribution is 2.44. The number of carbonyl (C=O) groups excluding carboxylic acids is 2. The van der Waals surface area contributed by atoms with E-state index in [0.717, 1.165) is 75.0 Å². The first-order valence-corrected chi connectivity index (χ1v) is 14.7. The van der Waals surface area contributed by atoms with Crippen LogP contribution in [0.1, 0.15) is 96.5 Å². The Morgan fingerprint density at radius 2 is 1.65 bits per heavy atom. The normalized spacial score (nSPS) is 23.7. The van der Waals surface area contributed by atoms with Gasteiger partial charge in [-0.15, -0.1) is 11.3 Å². The zero-order chi connectivity index (χ0) is 28.2. The molecule has 216 valence electrons. The van der Waals surface area contributed by atoms with Crippen LogP contribution in [0.5, 0.6) is 0 Å². The van der Waals surface area contributed by atoms with E-state index in [2.05, 4.69) is 20.6 Å². The van der Waals surface area contributed by atoms with E-state index in [4.69, 9.17) is 0 Å². The van der Waals surface area contributed by atoms with Crippen molar-refractivity contribution in [2.24, 2.45) is 5.92 Å². The van der Waals surface area contributed by atoms with Crippen LogP contribution in [0.15, 0.2) is 12.3 Å². The van der Waals surface area contributed by atoms with Gasteiger partial charge in [0.15, 0.2) is 5.01 Å². The van der Waals surface area contributed by atoms with Crippen LogP contribution in [0.3, 0.4) is 0 Å². The molecule has 2 amide bonds. The van der Waals surface area contributed by atoms with Gasteiger partial charge in [-0.25, -0.2) is 18.7 Å². The zero-order valence-corrected chi connectivity index (χ0v) is 22.5. The number of hydrogen-bond acceptors (Lipinski definition) is 6. The summed E-state index contributed by atoms with van der Waals surface area (Å²) >= 11 is 0.840.